The van der Waals surface area contributed by atoms with Crippen molar-refractivity contribution in [1.82, 2.24) is 24.0 Å². The molecule has 2 aliphatic rings. The molecule has 2 fully saturated rings. The molecule has 0 aromatic carbocycles. The summed E-state index contributed by atoms with van der Waals surface area (Å²) in [5.41, 5.74) is 0.814. The molecule has 0 bridgehead atoms. The van der Waals surface area contributed by atoms with Crippen molar-refractivity contribution in [1.29, 1.82) is 0 Å². The number of nitrogens with one attached hydrogen (secondary N) is 2. The largest absolute Gasteiger partial charge is 0.356 e. The highest BCUT2D eigenvalue weighted by molar-refractivity contribution is 7.87. The molecular weight excluding hydrogens is 328 g/mol. The second kappa shape index (κ2) is 5.68. The Hall–Kier alpha value is -1.71. The molecule has 0 aliphatic heterocycles. The maximum atomic E-state index is 12.3. The maximum absolute atomic E-state index is 12.3. The van der Waals surface area contributed by atoms with E-state index in [2.05, 4.69) is 24.6 Å². The van der Waals surface area contributed by atoms with Gasteiger partial charge in [-0.1, -0.05) is 0 Å². The van der Waals surface area contributed by atoms with Gasteiger partial charge in [0.2, 0.25) is 0 Å². The molecule has 0 atom stereocenters. The van der Waals surface area contributed by atoms with Crippen LogP contribution >= 0.6 is 0 Å². The topological polar surface area (TPSA) is 94.2 Å². The first-order valence-corrected chi connectivity index (χ1v) is 9.66. The minimum atomic E-state index is -3.36. The fourth-order valence-electron chi connectivity index (χ4n) is 3.24. The zero-order chi connectivity index (χ0) is 16.9. The SMILES string of the molecule is CN(c1ncnc2[nH]ccc12)C1CC(NS(=O)(=O)N(C)C2CC2)C1. The van der Waals surface area contributed by atoms with Crippen LogP contribution in [0, 0.1) is 0 Å². The van der Waals surface area contributed by atoms with Crippen LogP contribution < -0.4 is 9.62 Å². The highest BCUT2D eigenvalue weighted by Crippen LogP contribution is 2.32. The van der Waals surface area contributed by atoms with E-state index >= 15 is 0 Å². The van der Waals surface area contributed by atoms with Gasteiger partial charge in [-0.3, -0.25) is 0 Å². The van der Waals surface area contributed by atoms with Gasteiger partial charge in [0.1, 0.15) is 17.8 Å². The van der Waals surface area contributed by atoms with E-state index in [0.29, 0.717) is 0 Å². The van der Waals surface area contributed by atoms with Gasteiger partial charge < -0.3 is 9.88 Å². The van der Waals surface area contributed by atoms with Gasteiger partial charge in [0, 0.05) is 38.4 Å². The summed E-state index contributed by atoms with van der Waals surface area (Å²) in [5.74, 6) is 0.877. The van der Waals surface area contributed by atoms with Crippen LogP contribution in [-0.4, -0.2) is 59.9 Å². The van der Waals surface area contributed by atoms with E-state index < -0.39 is 10.2 Å². The van der Waals surface area contributed by atoms with E-state index in [0.717, 1.165) is 42.5 Å². The molecule has 0 unspecified atom stereocenters. The fourth-order valence-corrected chi connectivity index (χ4v) is 4.62. The van der Waals surface area contributed by atoms with Gasteiger partial charge in [0.15, 0.2) is 0 Å². The van der Waals surface area contributed by atoms with Crippen LogP contribution in [0.3, 0.4) is 0 Å². The second-order valence-corrected chi connectivity index (χ2v) is 8.50. The van der Waals surface area contributed by atoms with Crippen molar-refractivity contribution < 1.29 is 8.42 Å². The molecule has 2 heterocycles. The van der Waals surface area contributed by atoms with E-state index in [1.165, 1.54) is 4.31 Å². The number of H-pyrrole nitrogens is 1. The van der Waals surface area contributed by atoms with Crippen LogP contribution in [0.4, 0.5) is 5.82 Å². The van der Waals surface area contributed by atoms with Gasteiger partial charge in [-0.2, -0.15) is 17.4 Å². The number of aromatic nitrogens is 3. The van der Waals surface area contributed by atoms with Crippen LogP contribution in [0.2, 0.25) is 0 Å². The molecule has 9 heteroatoms. The summed E-state index contributed by atoms with van der Waals surface area (Å²) in [6, 6.07) is 2.41. The first-order valence-electron chi connectivity index (χ1n) is 8.22. The quantitative estimate of drug-likeness (QED) is 0.806. The first-order chi connectivity index (χ1) is 11.5. The number of nitrogens with zero attached hydrogens (tertiary/aromatic N) is 4. The van der Waals surface area contributed by atoms with Crippen molar-refractivity contribution in [3.8, 4) is 0 Å². The third kappa shape index (κ3) is 2.76. The Morgan fingerprint density at radius 2 is 1.96 bits per heavy atom. The predicted molar refractivity (Wildman–Crippen MR) is 91.9 cm³/mol. The number of anilines is 1. The minimum Gasteiger partial charge on any atom is -0.356 e. The van der Waals surface area contributed by atoms with Gasteiger partial charge in [-0.25, -0.2) is 9.97 Å². The zero-order valence-electron chi connectivity index (χ0n) is 13.8. The molecule has 0 amide bonds. The normalized spacial score (nSPS) is 24.3. The summed E-state index contributed by atoms with van der Waals surface area (Å²) < 4.78 is 28.8. The summed E-state index contributed by atoms with van der Waals surface area (Å²) in [7, 11) is 0.297. The number of fused-ring (bicyclic) bond motifs is 1. The number of hydrogen-bond donors (Lipinski definition) is 2. The van der Waals surface area contributed by atoms with Crippen molar-refractivity contribution in [3.63, 3.8) is 0 Å². The molecule has 130 valence electrons. The van der Waals surface area contributed by atoms with E-state index in [4.69, 9.17) is 0 Å². The minimum absolute atomic E-state index is 0.00722. The lowest BCUT2D eigenvalue weighted by atomic mass is 9.86. The molecule has 0 spiro atoms. The van der Waals surface area contributed by atoms with Crippen LogP contribution in [-0.2, 0) is 10.2 Å². The zero-order valence-corrected chi connectivity index (χ0v) is 14.6. The Labute approximate surface area is 141 Å². The lowest BCUT2D eigenvalue weighted by Crippen LogP contribution is -2.55. The van der Waals surface area contributed by atoms with E-state index in [9.17, 15) is 8.42 Å². The van der Waals surface area contributed by atoms with Crippen molar-refractivity contribution in [2.45, 2.75) is 43.8 Å². The highest BCUT2D eigenvalue weighted by atomic mass is 32.2. The highest BCUT2D eigenvalue weighted by Gasteiger charge is 2.39. The average Bonchev–Trinajstić information content (AvgIpc) is 3.25. The smallest absolute Gasteiger partial charge is 0.279 e. The van der Waals surface area contributed by atoms with E-state index in [1.54, 1.807) is 13.4 Å². The second-order valence-electron chi connectivity index (χ2n) is 6.74. The van der Waals surface area contributed by atoms with Gasteiger partial charge in [-0.15, -0.1) is 0 Å². The molecule has 24 heavy (non-hydrogen) atoms. The Kier molecular flexibility index (Phi) is 3.74. The molecule has 0 saturated heterocycles. The summed E-state index contributed by atoms with van der Waals surface area (Å²) in [4.78, 5) is 13.8. The van der Waals surface area contributed by atoms with E-state index in [-0.39, 0.29) is 18.1 Å². The average molecular weight is 350 g/mol. The molecule has 2 aromatic rings. The molecule has 4 rings (SSSR count). The Bertz CT molecular complexity index is 841. The number of hydrogen-bond acceptors (Lipinski definition) is 5. The summed E-state index contributed by atoms with van der Waals surface area (Å²) in [6.45, 7) is 0. The van der Waals surface area contributed by atoms with Gasteiger partial charge in [-0.05, 0) is 31.7 Å². The fraction of sp³-hybridized carbons (Fsp3) is 0.600. The van der Waals surface area contributed by atoms with Gasteiger partial charge in [0.05, 0.1) is 5.39 Å². The van der Waals surface area contributed by atoms with Crippen molar-refractivity contribution >= 4 is 27.1 Å². The first kappa shape index (κ1) is 15.8. The van der Waals surface area contributed by atoms with Gasteiger partial charge >= 0.3 is 0 Å². The lowest BCUT2D eigenvalue weighted by molar-refractivity contribution is 0.308. The van der Waals surface area contributed by atoms with Crippen molar-refractivity contribution in [2.24, 2.45) is 0 Å². The summed E-state index contributed by atoms with van der Waals surface area (Å²) >= 11 is 0. The molecule has 2 aliphatic carbocycles. The predicted octanol–water partition coefficient (Wildman–Crippen LogP) is 0.854. The number of aromatic amines is 1. The number of rotatable bonds is 6. The Balaban J connectivity index is 1.39. The van der Waals surface area contributed by atoms with Gasteiger partial charge in [0.25, 0.3) is 10.2 Å². The molecule has 2 N–H and O–H groups in total. The molecule has 8 nitrogen and oxygen atoms in total. The molecule has 2 aromatic heterocycles. The van der Waals surface area contributed by atoms with Crippen molar-refractivity contribution in [2.75, 3.05) is 19.0 Å². The molecular formula is C15H22N6O2S. The van der Waals surface area contributed by atoms with Crippen LogP contribution in [0.5, 0.6) is 0 Å². The van der Waals surface area contributed by atoms with E-state index in [1.807, 2.05) is 19.3 Å². The van der Waals surface area contributed by atoms with Crippen molar-refractivity contribution in [3.05, 3.63) is 18.6 Å². The Morgan fingerprint density at radius 1 is 1.21 bits per heavy atom. The standard InChI is InChI=1S/C15H22N6O2S/c1-20(15-13-5-6-16-14(13)17-9-18-15)12-7-10(8-12)19-24(22,23)21(2)11-3-4-11/h5-6,9-12,19H,3-4,7-8H2,1-2H3,(H,16,17,18). The van der Waals surface area contributed by atoms with Crippen LogP contribution in [0.15, 0.2) is 18.6 Å². The Morgan fingerprint density at radius 3 is 2.67 bits per heavy atom. The monoisotopic (exact) mass is 350 g/mol. The third-order valence-electron chi connectivity index (χ3n) is 5.08. The maximum Gasteiger partial charge on any atom is 0.279 e. The molecule has 0 radical (unpaired) electrons. The summed E-state index contributed by atoms with van der Waals surface area (Å²) in [6.07, 6.45) is 6.90. The van der Waals surface area contributed by atoms with Crippen LogP contribution in [0.25, 0.3) is 11.0 Å². The lowest BCUT2D eigenvalue weighted by Gasteiger charge is -2.42. The molecule has 2 saturated carbocycles. The summed E-state index contributed by atoms with van der Waals surface area (Å²) in [5, 5.41) is 0.984. The van der Waals surface area contributed by atoms with Crippen LogP contribution in [0.1, 0.15) is 25.7 Å². The third-order valence-corrected chi connectivity index (χ3v) is 6.77.